The van der Waals surface area contributed by atoms with Crippen LogP contribution in [0.15, 0.2) is 18.2 Å². The van der Waals surface area contributed by atoms with E-state index in [1.54, 1.807) is 19.2 Å². The molecule has 0 saturated carbocycles. The molecular weight excluding hydrogens is 222 g/mol. The average Bonchev–Trinajstić information content (AvgIpc) is 2.82. The molecule has 16 heavy (non-hydrogen) atoms. The highest BCUT2D eigenvalue weighted by Gasteiger charge is 2.20. The summed E-state index contributed by atoms with van der Waals surface area (Å²) in [5, 5.41) is 9.02. The van der Waals surface area contributed by atoms with Crippen LogP contribution in [0.4, 0.5) is 0 Å². The molecule has 1 saturated heterocycles. The predicted molar refractivity (Wildman–Crippen MR) is 64.1 cm³/mol. The standard InChI is InChI=1S/C12H13NO2S/c1-14-11-4-2-3-9(7-13)12(11)15-10-5-6-16-8-10/h2-4,10H,5-6,8H2,1H3. The Labute approximate surface area is 99.4 Å². The zero-order valence-corrected chi connectivity index (χ0v) is 9.92. The second kappa shape index (κ2) is 5.13. The summed E-state index contributed by atoms with van der Waals surface area (Å²) in [7, 11) is 1.59. The summed E-state index contributed by atoms with van der Waals surface area (Å²) in [6, 6.07) is 7.50. The number of hydrogen-bond donors (Lipinski definition) is 0. The average molecular weight is 235 g/mol. The molecule has 2 rings (SSSR count). The molecular formula is C12H13NO2S. The monoisotopic (exact) mass is 235 g/mol. The van der Waals surface area contributed by atoms with E-state index in [0.717, 1.165) is 17.9 Å². The van der Waals surface area contributed by atoms with Crippen molar-refractivity contribution in [3.63, 3.8) is 0 Å². The lowest BCUT2D eigenvalue weighted by Gasteiger charge is -2.16. The van der Waals surface area contributed by atoms with Crippen LogP contribution in [0.5, 0.6) is 11.5 Å². The van der Waals surface area contributed by atoms with Gasteiger partial charge in [0.15, 0.2) is 11.5 Å². The van der Waals surface area contributed by atoms with Crippen LogP contribution in [-0.2, 0) is 0 Å². The van der Waals surface area contributed by atoms with Gasteiger partial charge in [-0.3, -0.25) is 0 Å². The van der Waals surface area contributed by atoms with Gasteiger partial charge in [0, 0.05) is 5.75 Å². The third kappa shape index (κ3) is 2.25. The molecule has 1 heterocycles. The molecule has 1 aromatic rings. The van der Waals surface area contributed by atoms with Crippen molar-refractivity contribution in [1.82, 2.24) is 0 Å². The zero-order valence-electron chi connectivity index (χ0n) is 9.10. The highest BCUT2D eigenvalue weighted by molar-refractivity contribution is 7.99. The maximum atomic E-state index is 9.02. The largest absolute Gasteiger partial charge is 0.493 e. The summed E-state index contributed by atoms with van der Waals surface area (Å²) < 4.78 is 11.1. The van der Waals surface area contributed by atoms with E-state index in [1.807, 2.05) is 17.8 Å². The van der Waals surface area contributed by atoms with Gasteiger partial charge in [0.1, 0.15) is 12.2 Å². The minimum Gasteiger partial charge on any atom is -0.493 e. The molecule has 0 radical (unpaired) electrons. The van der Waals surface area contributed by atoms with E-state index in [0.29, 0.717) is 17.1 Å². The lowest BCUT2D eigenvalue weighted by molar-refractivity contribution is 0.218. The molecule has 1 aromatic carbocycles. The van der Waals surface area contributed by atoms with E-state index in [9.17, 15) is 0 Å². The number of ether oxygens (including phenoxy) is 2. The van der Waals surface area contributed by atoms with Crippen LogP contribution < -0.4 is 9.47 Å². The Hall–Kier alpha value is -1.34. The minimum absolute atomic E-state index is 0.202. The number of hydrogen-bond acceptors (Lipinski definition) is 4. The minimum atomic E-state index is 0.202. The first kappa shape index (κ1) is 11.2. The lowest BCUT2D eigenvalue weighted by atomic mass is 10.2. The van der Waals surface area contributed by atoms with Crippen LogP contribution in [0.3, 0.4) is 0 Å². The fourth-order valence-corrected chi connectivity index (χ4v) is 2.75. The van der Waals surface area contributed by atoms with E-state index >= 15 is 0 Å². The molecule has 84 valence electrons. The Balaban J connectivity index is 2.26. The Morgan fingerprint density at radius 1 is 1.50 bits per heavy atom. The van der Waals surface area contributed by atoms with Crippen LogP contribution in [-0.4, -0.2) is 24.7 Å². The molecule has 1 atom stereocenters. The smallest absolute Gasteiger partial charge is 0.179 e. The predicted octanol–water partition coefficient (Wildman–Crippen LogP) is 2.45. The van der Waals surface area contributed by atoms with Crippen molar-refractivity contribution in [2.24, 2.45) is 0 Å². The molecule has 0 N–H and O–H groups in total. The summed E-state index contributed by atoms with van der Waals surface area (Å²) >= 11 is 1.88. The normalized spacial score (nSPS) is 19.1. The van der Waals surface area contributed by atoms with Gasteiger partial charge in [0.05, 0.1) is 12.7 Å². The third-order valence-corrected chi connectivity index (χ3v) is 3.62. The van der Waals surface area contributed by atoms with Gasteiger partial charge in [0.25, 0.3) is 0 Å². The number of methoxy groups -OCH3 is 1. The van der Waals surface area contributed by atoms with Gasteiger partial charge in [-0.1, -0.05) is 6.07 Å². The Morgan fingerprint density at radius 2 is 2.38 bits per heavy atom. The maximum Gasteiger partial charge on any atom is 0.179 e. The van der Waals surface area contributed by atoms with Crippen LogP contribution in [0.2, 0.25) is 0 Å². The zero-order chi connectivity index (χ0) is 11.4. The topological polar surface area (TPSA) is 42.2 Å². The van der Waals surface area contributed by atoms with Gasteiger partial charge < -0.3 is 9.47 Å². The Kier molecular flexibility index (Phi) is 3.58. The SMILES string of the molecule is COc1cccc(C#N)c1OC1CCSC1. The molecule has 4 heteroatoms. The van der Waals surface area contributed by atoms with E-state index in [-0.39, 0.29) is 6.10 Å². The fourth-order valence-electron chi connectivity index (χ4n) is 1.66. The molecule has 1 aliphatic heterocycles. The molecule has 0 spiro atoms. The molecule has 0 aromatic heterocycles. The van der Waals surface area contributed by atoms with E-state index in [2.05, 4.69) is 6.07 Å². The van der Waals surface area contributed by atoms with E-state index < -0.39 is 0 Å². The molecule has 3 nitrogen and oxygen atoms in total. The van der Waals surface area contributed by atoms with Gasteiger partial charge in [0.2, 0.25) is 0 Å². The van der Waals surface area contributed by atoms with Crippen LogP contribution in [0.25, 0.3) is 0 Å². The maximum absolute atomic E-state index is 9.02. The molecule has 0 aliphatic carbocycles. The van der Waals surface area contributed by atoms with Crippen molar-refractivity contribution in [2.75, 3.05) is 18.6 Å². The number of benzene rings is 1. The highest BCUT2D eigenvalue weighted by atomic mass is 32.2. The Bertz CT molecular complexity index is 408. The third-order valence-electron chi connectivity index (χ3n) is 2.49. The number of nitriles is 1. The van der Waals surface area contributed by atoms with Crippen molar-refractivity contribution >= 4 is 11.8 Å². The van der Waals surface area contributed by atoms with Gasteiger partial charge in [-0.15, -0.1) is 0 Å². The molecule has 1 aliphatic rings. The number of nitrogens with zero attached hydrogens (tertiary/aromatic N) is 1. The van der Waals surface area contributed by atoms with Gasteiger partial charge >= 0.3 is 0 Å². The van der Waals surface area contributed by atoms with Crippen molar-refractivity contribution in [3.05, 3.63) is 23.8 Å². The Morgan fingerprint density at radius 3 is 3.00 bits per heavy atom. The summed E-state index contributed by atoms with van der Waals surface area (Å²) in [6.07, 6.45) is 1.24. The van der Waals surface area contributed by atoms with Crippen LogP contribution >= 0.6 is 11.8 Å². The first-order valence-electron chi connectivity index (χ1n) is 5.16. The van der Waals surface area contributed by atoms with E-state index in [1.165, 1.54) is 0 Å². The highest BCUT2D eigenvalue weighted by Crippen LogP contribution is 2.33. The van der Waals surface area contributed by atoms with Crippen LogP contribution in [0.1, 0.15) is 12.0 Å². The van der Waals surface area contributed by atoms with Crippen LogP contribution in [0, 0.1) is 11.3 Å². The summed E-state index contributed by atoms with van der Waals surface area (Å²) in [5.41, 5.74) is 0.538. The summed E-state index contributed by atoms with van der Waals surface area (Å²) in [4.78, 5) is 0. The van der Waals surface area contributed by atoms with Crippen molar-refractivity contribution in [2.45, 2.75) is 12.5 Å². The summed E-state index contributed by atoms with van der Waals surface area (Å²) in [5.74, 6) is 3.33. The summed E-state index contributed by atoms with van der Waals surface area (Å²) in [6.45, 7) is 0. The second-order valence-electron chi connectivity index (χ2n) is 3.55. The van der Waals surface area contributed by atoms with Crippen molar-refractivity contribution < 1.29 is 9.47 Å². The van der Waals surface area contributed by atoms with Gasteiger partial charge in [-0.2, -0.15) is 17.0 Å². The first-order chi connectivity index (χ1) is 7.85. The van der Waals surface area contributed by atoms with E-state index in [4.69, 9.17) is 14.7 Å². The number of rotatable bonds is 3. The second-order valence-corrected chi connectivity index (χ2v) is 4.70. The van der Waals surface area contributed by atoms with Crippen molar-refractivity contribution in [3.8, 4) is 17.6 Å². The molecule has 0 amide bonds. The molecule has 0 bridgehead atoms. The first-order valence-corrected chi connectivity index (χ1v) is 6.32. The number of para-hydroxylation sites is 1. The van der Waals surface area contributed by atoms with Gasteiger partial charge in [-0.05, 0) is 24.3 Å². The number of thioether (sulfide) groups is 1. The molecule has 1 fully saturated rings. The molecule has 1 unspecified atom stereocenters. The van der Waals surface area contributed by atoms with Crippen molar-refractivity contribution in [1.29, 1.82) is 5.26 Å². The lowest BCUT2D eigenvalue weighted by Crippen LogP contribution is -2.16. The fraction of sp³-hybridized carbons (Fsp3) is 0.417. The van der Waals surface area contributed by atoms with Gasteiger partial charge in [-0.25, -0.2) is 0 Å². The quantitative estimate of drug-likeness (QED) is 0.807.